The Balaban J connectivity index is 1.62. The molecule has 2 N–H and O–H groups in total. The minimum absolute atomic E-state index is 0.0175. The summed E-state index contributed by atoms with van der Waals surface area (Å²) in [4.78, 5) is 17.4. The molecule has 0 aliphatic carbocycles. The Kier molecular flexibility index (Phi) is 10.8. The summed E-state index contributed by atoms with van der Waals surface area (Å²) >= 11 is 12.3. The molecule has 12 heteroatoms. The van der Waals surface area contributed by atoms with Crippen molar-refractivity contribution in [2.24, 2.45) is 5.92 Å². The van der Waals surface area contributed by atoms with Crippen LogP contribution in [0.3, 0.4) is 0 Å². The van der Waals surface area contributed by atoms with Crippen LogP contribution in [0, 0.1) is 5.92 Å². The molecule has 0 saturated heterocycles. The second-order valence-electron chi connectivity index (χ2n) is 10.9. The first-order valence-corrected chi connectivity index (χ1v) is 16.1. The van der Waals surface area contributed by atoms with Gasteiger partial charge in [-0.05, 0) is 74.1 Å². The number of hydrogen-bond acceptors (Lipinski definition) is 7. The number of hydrogen-bond donors (Lipinski definition) is 2. The third-order valence-corrected chi connectivity index (χ3v) is 9.60. The van der Waals surface area contributed by atoms with E-state index in [1.807, 2.05) is 26.1 Å². The van der Waals surface area contributed by atoms with Gasteiger partial charge in [-0.25, -0.2) is 8.42 Å². The number of aliphatic hydroxyl groups excluding tert-OH is 1. The van der Waals surface area contributed by atoms with Gasteiger partial charge in [-0.2, -0.15) is 0 Å². The zero-order chi connectivity index (χ0) is 31.3. The Bertz CT molecular complexity index is 1540. The number of aliphatic hydroxyl groups is 1. The zero-order valence-corrected chi connectivity index (χ0v) is 26.9. The number of halogens is 2. The number of anilines is 1. The van der Waals surface area contributed by atoms with Gasteiger partial charge in [0.05, 0.1) is 41.1 Å². The number of carbonyl (C=O) groups is 1. The first-order chi connectivity index (χ1) is 20.4. The van der Waals surface area contributed by atoms with Gasteiger partial charge in [-0.1, -0.05) is 36.2 Å². The van der Waals surface area contributed by atoms with Crippen LogP contribution in [0.5, 0.6) is 11.5 Å². The highest BCUT2D eigenvalue weighted by Crippen LogP contribution is 2.31. The van der Waals surface area contributed by atoms with Crippen molar-refractivity contribution in [3.8, 4) is 11.5 Å². The fourth-order valence-electron chi connectivity index (χ4n) is 5.00. The lowest BCUT2D eigenvalue weighted by Crippen LogP contribution is -2.47. The number of amides is 1. The van der Waals surface area contributed by atoms with Crippen LogP contribution in [0.1, 0.15) is 25.0 Å². The van der Waals surface area contributed by atoms with Crippen molar-refractivity contribution in [3.05, 3.63) is 81.8 Å². The summed E-state index contributed by atoms with van der Waals surface area (Å²) in [5.41, 5.74) is 1.84. The van der Waals surface area contributed by atoms with Gasteiger partial charge in [0.15, 0.2) is 0 Å². The summed E-state index contributed by atoms with van der Waals surface area (Å²) in [5.74, 6) is 0.769. The number of carbonyl (C=O) groups excluding carboxylic acids is 1. The van der Waals surface area contributed by atoms with E-state index in [4.69, 9.17) is 32.7 Å². The predicted molar refractivity (Wildman–Crippen MR) is 169 cm³/mol. The molecule has 0 saturated carbocycles. The van der Waals surface area contributed by atoms with Crippen LogP contribution < -0.4 is 14.2 Å². The number of sulfonamides is 1. The monoisotopic (exact) mass is 649 g/mol. The lowest BCUT2D eigenvalue weighted by atomic mass is 10.0. The Hall–Kier alpha value is -3.02. The number of ether oxygens (including phenoxy) is 2. The molecule has 9 nitrogen and oxygen atoms in total. The van der Waals surface area contributed by atoms with Crippen LogP contribution in [0.2, 0.25) is 10.0 Å². The topological polar surface area (TPSA) is 108 Å². The molecule has 0 bridgehead atoms. The molecule has 3 aromatic carbocycles. The van der Waals surface area contributed by atoms with Gasteiger partial charge in [0, 0.05) is 36.8 Å². The van der Waals surface area contributed by atoms with Crippen molar-refractivity contribution in [2.75, 3.05) is 38.6 Å². The van der Waals surface area contributed by atoms with Gasteiger partial charge in [0.1, 0.15) is 17.6 Å². The van der Waals surface area contributed by atoms with Crippen molar-refractivity contribution in [1.82, 2.24) is 9.80 Å². The van der Waals surface area contributed by atoms with Crippen molar-refractivity contribution >= 4 is 44.8 Å². The van der Waals surface area contributed by atoms with E-state index in [1.54, 1.807) is 48.2 Å². The van der Waals surface area contributed by atoms with E-state index in [0.717, 1.165) is 5.56 Å². The molecule has 1 heterocycles. The van der Waals surface area contributed by atoms with Gasteiger partial charge in [0.25, 0.3) is 10.0 Å². The molecule has 1 aliphatic heterocycles. The number of nitrogens with one attached hydrogen (secondary N) is 1. The number of methoxy groups -OCH3 is 1. The predicted octanol–water partition coefficient (Wildman–Crippen LogP) is 5.08. The number of nitrogens with zero attached hydrogens (tertiary/aromatic N) is 2. The average Bonchev–Trinajstić information content (AvgIpc) is 3.01. The minimum Gasteiger partial charge on any atom is -0.497 e. The number of rotatable bonds is 10. The molecule has 232 valence electrons. The Morgan fingerprint density at radius 3 is 2.49 bits per heavy atom. The van der Waals surface area contributed by atoms with Crippen molar-refractivity contribution in [1.29, 1.82) is 0 Å². The average molecular weight is 651 g/mol. The molecule has 3 atom stereocenters. The third-order valence-electron chi connectivity index (χ3n) is 7.47. The minimum atomic E-state index is -3.90. The molecule has 0 radical (unpaired) electrons. The SMILES string of the molecule is COc1ccc(S(=O)(=O)Nc2ccc3c(c2)CC(=O)N([C@H](C)CO)C[C@@H](C)[C@@H](CN(C)Cc2ccc(Cl)c(Cl)c2)O3)cc1. The van der Waals surface area contributed by atoms with E-state index in [9.17, 15) is 18.3 Å². The van der Waals surface area contributed by atoms with E-state index in [0.29, 0.717) is 52.4 Å². The second-order valence-corrected chi connectivity index (χ2v) is 13.4. The van der Waals surface area contributed by atoms with Crippen LogP contribution in [0.15, 0.2) is 65.6 Å². The first-order valence-electron chi connectivity index (χ1n) is 13.9. The van der Waals surface area contributed by atoms with E-state index < -0.39 is 16.1 Å². The number of benzene rings is 3. The molecular formula is C31H37Cl2N3O6S. The molecule has 1 aliphatic rings. The van der Waals surface area contributed by atoms with Crippen molar-refractivity contribution < 1.29 is 27.8 Å². The molecule has 0 unspecified atom stereocenters. The molecule has 0 spiro atoms. The highest BCUT2D eigenvalue weighted by Gasteiger charge is 2.31. The van der Waals surface area contributed by atoms with Gasteiger partial charge in [-0.15, -0.1) is 0 Å². The molecule has 4 rings (SSSR count). The maximum absolute atomic E-state index is 13.5. The summed E-state index contributed by atoms with van der Waals surface area (Å²) in [6.07, 6.45) is -0.344. The maximum Gasteiger partial charge on any atom is 0.261 e. The summed E-state index contributed by atoms with van der Waals surface area (Å²) in [5, 5.41) is 10.9. The molecule has 0 aromatic heterocycles. The van der Waals surface area contributed by atoms with Crippen LogP contribution in [-0.2, 0) is 27.8 Å². The smallest absolute Gasteiger partial charge is 0.261 e. The van der Waals surface area contributed by atoms with Crippen LogP contribution in [0.25, 0.3) is 0 Å². The highest BCUT2D eigenvalue weighted by atomic mass is 35.5. The van der Waals surface area contributed by atoms with Gasteiger partial charge >= 0.3 is 0 Å². The number of fused-ring (bicyclic) bond motifs is 1. The third kappa shape index (κ3) is 8.33. The second kappa shape index (κ2) is 14.2. The van der Waals surface area contributed by atoms with Crippen LogP contribution in [-0.4, -0.2) is 75.2 Å². The largest absolute Gasteiger partial charge is 0.497 e. The lowest BCUT2D eigenvalue weighted by molar-refractivity contribution is -0.134. The van der Waals surface area contributed by atoms with Gasteiger partial charge in [0.2, 0.25) is 5.91 Å². The highest BCUT2D eigenvalue weighted by molar-refractivity contribution is 7.92. The quantitative estimate of drug-likeness (QED) is 0.315. The molecule has 43 heavy (non-hydrogen) atoms. The fraction of sp³-hybridized carbons (Fsp3) is 0.387. The zero-order valence-electron chi connectivity index (χ0n) is 24.6. The van der Waals surface area contributed by atoms with Crippen LogP contribution in [0.4, 0.5) is 5.69 Å². The Labute approximate surface area is 263 Å². The normalized spacial score (nSPS) is 18.2. The molecule has 0 fully saturated rings. The Morgan fingerprint density at radius 2 is 1.84 bits per heavy atom. The maximum atomic E-state index is 13.5. The van der Waals surface area contributed by atoms with E-state index in [1.165, 1.54) is 19.2 Å². The summed E-state index contributed by atoms with van der Waals surface area (Å²) in [6, 6.07) is 16.1. The van der Waals surface area contributed by atoms with E-state index in [2.05, 4.69) is 9.62 Å². The van der Waals surface area contributed by atoms with E-state index in [-0.39, 0.29) is 35.9 Å². The number of likely N-dealkylation sites (N-methyl/N-ethyl adjacent to an activating group) is 1. The van der Waals surface area contributed by atoms with Crippen molar-refractivity contribution in [3.63, 3.8) is 0 Å². The molecule has 3 aromatic rings. The molecule has 1 amide bonds. The van der Waals surface area contributed by atoms with Gasteiger partial charge in [-0.3, -0.25) is 14.4 Å². The fourth-order valence-corrected chi connectivity index (χ4v) is 6.37. The summed E-state index contributed by atoms with van der Waals surface area (Å²) in [6.45, 7) is 5.15. The van der Waals surface area contributed by atoms with E-state index >= 15 is 0 Å². The van der Waals surface area contributed by atoms with Crippen LogP contribution >= 0.6 is 23.2 Å². The molecular weight excluding hydrogens is 613 g/mol. The lowest BCUT2D eigenvalue weighted by Gasteiger charge is -2.34. The summed E-state index contributed by atoms with van der Waals surface area (Å²) in [7, 11) is -0.419. The summed E-state index contributed by atoms with van der Waals surface area (Å²) < 4.78 is 40.5. The van der Waals surface area contributed by atoms with Gasteiger partial charge < -0.3 is 19.5 Å². The first kappa shape index (κ1) is 32.9. The standard InChI is InChI=1S/C31H37Cl2N3O6S/c1-20-16-36(21(2)19-37)31(38)15-23-14-24(34-43(39,40)26-9-7-25(41-4)8-10-26)6-12-29(23)42-30(20)18-35(3)17-22-5-11-27(32)28(33)13-22/h5-14,20-21,30,34,37H,15-19H2,1-4H3/t20-,21-,30-/m1/s1. The van der Waals surface area contributed by atoms with Crippen molar-refractivity contribution in [2.45, 2.75) is 43.9 Å². The Morgan fingerprint density at radius 1 is 1.12 bits per heavy atom.